The summed E-state index contributed by atoms with van der Waals surface area (Å²) in [7, 11) is 0. The van der Waals surface area contributed by atoms with Gasteiger partial charge in [0, 0.05) is 12.0 Å². The molecule has 1 unspecified atom stereocenters. The third kappa shape index (κ3) is 1.52. The van der Waals surface area contributed by atoms with E-state index in [4.69, 9.17) is 14.7 Å². The average Bonchev–Trinajstić information content (AvgIpc) is 2.61. The summed E-state index contributed by atoms with van der Waals surface area (Å²) in [6, 6.07) is 2.34. The summed E-state index contributed by atoms with van der Waals surface area (Å²) in [6.07, 6.45) is 1.48. The number of aliphatic hydroxyl groups excluding tert-OH is 1. The van der Waals surface area contributed by atoms with E-state index in [1.165, 1.54) is 0 Å². The van der Waals surface area contributed by atoms with Crippen molar-refractivity contribution in [2.24, 2.45) is 10.8 Å². The first-order valence-electron chi connectivity index (χ1n) is 4.92. The Morgan fingerprint density at radius 3 is 2.43 bits per heavy atom. The summed E-state index contributed by atoms with van der Waals surface area (Å²) < 4.78 is 10.4. The van der Waals surface area contributed by atoms with Crippen LogP contribution in [0.25, 0.3) is 0 Å². The zero-order valence-corrected chi connectivity index (χ0v) is 8.16. The number of rotatable bonds is 3. The summed E-state index contributed by atoms with van der Waals surface area (Å²) in [6.45, 7) is 2.43. The molecule has 0 amide bonds. The maximum absolute atomic E-state index is 9.28. The molecule has 0 spiro atoms. The second-order valence-corrected chi connectivity index (χ2v) is 4.52. The first-order valence-corrected chi connectivity index (χ1v) is 4.92. The number of hydrogen-bond acceptors (Lipinski definition) is 4. The van der Waals surface area contributed by atoms with Gasteiger partial charge in [-0.3, -0.25) is 0 Å². The molecule has 4 nitrogen and oxygen atoms in total. The topological polar surface area (TPSA) is 62.5 Å². The molecule has 2 aliphatic rings. The first kappa shape index (κ1) is 9.91. The molecule has 78 valence electrons. The fraction of sp³-hybridized carbons (Fsp3) is 0.900. The van der Waals surface area contributed by atoms with Crippen molar-refractivity contribution in [2.75, 3.05) is 33.0 Å². The van der Waals surface area contributed by atoms with Gasteiger partial charge in [-0.15, -0.1) is 0 Å². The van der Waals surface area contributed by atoms with E-state index in [0.29, 0.717) is 32.8 Å². The molecule has 2 fully saturated rings. The summed E-state index contributed by atoms with van der Waals surface area (Å²) in [4.78, 5) is 0. The van der Waals surface area contributed by atoms with Crippen molar-refractivity contribution in [2.45, 2.75) is 12.8 Å². The zero-order valence-electron chi connectivity index (χ0n) is 8.16. The standard InChI is InChI=1S/C10H15NO3/c11-4-9(1-2-13-6-9)3-10(5-12)7-14-8-10/h12H,1-3,5-8H2. The summed E-state index contributed by atoms with van der Waals surface area (Å²) in [5, 5.41) is 18.4. The van der Waals surface area contributed by atoms with Gasteiger partial charge in [0.2, 0.25) is 0 Å². The van der Waals surface area contributed by atoms with Crippen LogP contribution < -0.4 is 0 Å². The van der Waals surface area contributed by atoms with E-state index < -0.39 is 0 Å². The third-order valence-electron chi connectivity index (χ3n) is 3.21. The van der Waals surface area contributed by atoms with E-state index in [9.17, 15) is 5.11 Å². The first-order chi connectivity index (χ1) is 6.74. The number of nitrogens with zero attached hydrogens (tertiary/aromatic N) is 1. The molecule has 1 N–H and O–H groups in total. The quantitative estimate of drug-likeness (QED) is 0.707. The van der Waals surface area contributed by atoms with Crippen LogP contribution in [0.1, 0.15) is 12.8 Å². The molecular weight excluding hydrogens is 182 g/mol. The van der Waals surface area contributed by atoms with Crippen molar-refractivity contribution in [1.29, 1.82) is 5.26 Å². The molecule has 0 bridgehead atoms. The van der Waals surface area contributed by atoms with Crippen molar-refractivity contribution in [3.63, 3.8) is 0 Å². The highest BCUT2D eigenvalue weighted by atomic mass is 16.5. The van der Waals surface area contributed by atoms with Crippen LogP contribution in [-0.4, -0.2) is 38.1 Å². The van der Waals surface area contributed by atoms with E-state index in [1.54, 1.807) is 0 Å². The average molecular weight is 197 g/mol. The van der Waals surface area contributed by atoms with Gasteiger partial charge >= 0.3 is 0 Å². The monoisotopic (exact) mass is 197 g/mol. The van der Waals surface area contributed by atoms with Crippen molar-refractivity contribution in [3.05, 3.63) is 0 Å². The molecule has 1 atom stereocenters. The SMILES string of the molecule is N#CC1(CC2(CO)COC2)CCOC1. The Kier molecular flexibility index (Phi) is 2.48. The van der Waals surface area contributed by atoms with Crippen LogP contribution in [0.15, 0.2) is 0 Å². The van der Waals surface area contributed by atoms with Crippen LogP contribution >= 0.6 is 0 Å². The van der Waals surface area contributed by atoms with Crippen LogP contribution in [0, 0.1) is 22.2 Å². The lowest BCUT2D eigenvalue weighted by molar-refractivity contribution is -0.152. The van der Waals surface area contributed by atoms with Gasteiger partial charge in [-0.05, 0) is 12.8 Å². The number of nitriles is 1. The second-order valence-electron chi connectivity index (χ2n) is 4.52. The normalized spacial score (nSPS) is 34.9. The molecule has 4 heteroatoms. The van der Waals surface area contributed by atoms with Gasteiger partial charge in [-0.1, -0.05) is 0 Å². The predicted octanol–water partition coefficient (Wildman–Crippen LogP) is 0.316. The Morgan fingerprint density at radius 2 is 2.07 bits per heavy atom. The minimum atomic E-state index is -0.382. The maximum Gasteiger partial charge on any atom is 0.0836 e. The van der Waals surface area contributed by atoms with Crippen LogP contribution in [0.2, 0.25) is 0 Å². The highest BCUT2D eigenvalue weighted by molar-refractivity contribution is 5.06. The number of hydrogen-bond donors (Lipinski definition) is 1. The summed E-state index contributed by atoms with van der Waals surface area (Å²) in [5.74, 6) is 0. The Morgan fingerprint density at radius 1 is 1.29 bits per heavy atom. The van der Waals surface area contributed by atoms with Crippen molar-refractivity contribution in [1.82, 2.24) is 0 Å². The van der Waals surface area contributed by atoms with Crippen molar-refractivity contribution in [3.8, 4) is 6.07 Å². The van der Waals surface area contributed by atoms with Crippen LogP contribution in [0.5, 0.6) is 0 Å². The zero-order chi connectivity index (χ0) is 10.1. The van der Waals surface area contributed by atoms with E-state index in [2.05, 4.69) is 6.07 Å². The second kappa shape index (κ2) is 3.50. The fourth-order valence-corrected chi connectivity index (χ4v) is 2.23. The van der Waals surface area contributed by atoms with Gasteiger partial charge in [0.1, 0.15) is 0 Å². The van der Waals surface area contributed by atoms with E-state index in [0.717, 1.165) is 6.42 Å². The Labute approximate surface area is 83.4 Å². The van der Waals surface area contributed by atoms with E-state index in [-0.39, 0.29) is 17.4 Å². The fourth-order valence-electron chi connectivity index (χ4n) is 2.23. The molecule has 0 radical (unpaired) electrons. The minimum Gasteiger partial charge on any atom is -0.396 e. The third-order valence-corrected chi connectivity index (χ3v) is 3.21. The van der Waals surface area contributed by atoms with Gasteiger partial charge in [0.05, 0.1) is 37.9 Å². The molecule has 0 aromatic carbocycles. The van der Waals surface area contributed by atoms with Gasteiger partial charge in [-0.2, -0.15) is 5.26 Å². The van der Waals surface area contributed by atoms with Gasteiger partial charge in [-0.25, -0.2) is 0 Å². The van der Waals surface area contributed by atoms with Crippen molar-refractivity contribution < 1.29 is 14.6 Å². The highest BCUT2D eigenvalue weighted by Crippen LogP contribution is 2.43. The lowest BCUT2D eigenvalue weighted by Gasteiger charge is -2.43. The number of ether oxygens (including phenoxy) is 2. The maximum atomic E-state index is 9.28. The predicted molar refractivity (Wildman–Crippen MR) is 48.4 cm³/mol. The summed E-state index contributed by atoms with van der Waals surface area (Å²) >= 11 is 0. The lowest BCUT2D eigenvalue weighted by Crippen LogP contribution is -2.49. The molecule has 0 aliphatic carbocycles. The van der Waals surface area contributed by atoms with Crippen LogP contribution in [0.3, 0.4) is 0 Å². The number of aliphatic hydroxyl groups is 1. The molecule has 0 aromatic rings. The molecule has 2 saturated heterocycles. The molecule has 2 aliphatic heterocycles. The molecule has 2 rings (SSSR count). The molecular formula is C10H15NO3. The van der Waals surface area contributed by atoms with Gasteiger partial charge in [0.25, 0.3) is 0 Å². The van der Waals surface area contributed by atoms with Crippen molar-refractivity contribution >= 4 is 0 Å². The van der Waals surface area contributed by atoms with Crippen LogP contribution in [-0.2, 0) is 9.47 Å². The van der Waals surface area contributed by atoms with Gasteiger partial charge in [0.15, 0.2) is 0 Å². The Balaban J connectivity index is 2.04. The smallest absolute Gasteiger partial charge is 0.0836 e. The molecule has 14 heavy (non-hydrogen) atoms. The highest BCUT2D eigenvalue weighted by Gasteiger charge is 2.47. The van der Waals surface area contributed by atoms with E-state index in [1.807, 2.05) is 0 Å². The minimum absolute atomic E-state index is 0.108. The van der Waals surface area contributed by atoms with Crippen LogP contribution in [0.4, 0.5) is 0 Å². The van der Waals surface area contributed by atoms with E-state index >= 15 is 0 Å². The van der Waals surface area contributed by atoms with Gasteiger partial charge < -0.3 is 14.6 Å². The molecule has 0 saturated carbocycles. The largest absolute Gasteiger partial charge is 0.396 e. The molecule has 0 aromatic heterocycles. The summed E-state index contributed by atoms with van der Waals surface area (Å²) in [5.41, 5.74) is -0.560. The Bertz CT molecular complexity index is 243. The Hall–Kier alpha value is -0.630. The molecule has 2 heterocycles. The lowest BCUT2D eigenvalue weighted by atomic mass is 9.70.